The maximum absolute atomic E-state index is 13.1. The molecule has 2 aromatic carbocycles. The monoisotopic (exact) mass is 350 g/mol. The first-order valence-corrected chi connectivity index (χ1v) is 10.3. The van der Waals surface area contributed by atoms with E-state index in [-0.39, 0.29) is 0 Å². The van der Waals surface area contributed by atoms with Crippen molar-refractivity contribution >= 4 is 18.4 Å². The first-order chi connectivity index (χ1) is 11.6. The quantitative estimate of drug-likeness (QED) is 0.444. The Balaban J connectivity index is 2.22. The van der Waals surface area contributed by atoms with Crippen LogP contribution in [0.2, 0.25) is 0 Å². The van der Waals surface area contributed by atoms with Gasteiger partial charge in [-0.1, -0.05) is 63.1 Å². The van der Waals surface area contributed by atoms with Crippen molar-refractivity contribution in [2.24, 2.45) is 0 Å². The molecule has 0 heterocycles. The number of benzene rings is 2. The number of hydrogen-bond donors (Lipinski definition) is 1. The van der Waals surface area contributed by atoms with Gasteiger partial charge < -0.3 is 14.2 Å². The van der Waals surface area contributed by atoms with Crippen LogP contribution in [-0.2, 0) is 13.6 Å². The molecule has 2 rings (SSSR count). The van der Waals surface area contributed by atoms with Crippen molar-refractivity contribution < 1.29 is 18.7 Å². The van der Waals surface area contributed by atoms with Gasteiger partial charge in [0, 0.05) is 0 Å². The minimum Gasteiger partial charge on any atom is -0.376 e. The summed E-state index contributed by atoms with van der Waals surface area (Å²) in [7, 11) is -3.61. The summed E-state index contributed by atoms with van der Waals surface area (Å²) in [6.45, 7) is 4.72. The largest absolute Gasteiger partial charge is 0.376 e. The van der Waals surface area contributed by atoms with E-state index >= 15 is 0 Å². The fourth-order valence-corrected chi connectivity index (χ4v) is 4.05. The summed E-state index contributed by atoms with van der Waals surface area (Å²) in [6.07, 6.45) is 3.43. The molecule has 0 aromatic heterocycles. The summed E-state index contributed by atoms with van der Waals surface area (Å²) in [5.74, 6) is -1.27. The van der Waals surface area contributed by atoms with E-state index < -0.39 is 13.4 Å². The van der Waals surface area contributed by atoms with Gasteiger partial charge in [-0.25, -0.2) is 0 Å². The predicted octanol–water partition coefficient (Wildman–Crippen LogP) is 5.66. The maximum Gasteiger partial charge on any atom is 0.363 e. The molecule has 132 valence electrons. The molecule has 5 heteroatoms. The number of fused-ring (bicyclic) bond motifs is 1. The van der Waals surface area contributed by atoms with Gasteiger partial charge in [-0.2, -0.15) is 0 Å². The number of aliphatic hydroxyl groups excluding tert-OH is 1. The van der Waals surface area contributed by atoms with Gasteiger partial charge in [0.2, 0.25) is 0 Å². The Kier molecular flexibility index (Phi) is 7.44. The fraction of sp³-hybridized carbons (Fsp3) is 0.474. The third-order valence-corrected chi connectivity index (χ3v) is 5.89. The molecule has 1 atom stereocenters. The first kappa shape index (κ1) is 19.1. The van der Waals surface area contributed by atoms with Crippen LogP contribution in [0, 0.1) is 0 Å². The molecule has 1 N–H and O–H groups in total. The Hall–Kier alpha value is -1.19. The number of unbranched alkanes of at least 4 members (excludes halogenated alkanes) is 2. The molecule has 0 saturated heterocycles. The maximum atomic E-state index is 13.1. The van der Waals surface area contributed by atoms with Crippen LogP contribution in [0.1, 0.15) is 50.9 Å². The minimum atomic E-state index is -3.61. The van der Waals surface area contributed by atoms with Crippen molar-refractivity contribution in [2.45, 2.75) is 45.4 Å². The summed E-state index contributed by atoms with van der Waals surface area (Å²) in [4.78, 5) is 0. The van der Waals surface area contributed by atoms with Crippen molar-refractivity contribution in [1.29, 1.82) is 0 Å². The highest BCUT2D eigenvalue weighted by Crippen LogP contribution is 2.60. The van der Waals surface area contributed by atoms with Gasteiger partial charge in [0.25, 0.3) is 0 Å². The highest BCUT2D eigenvalue weighted by molar-refractivity contribution is 7.54. The van der Waals surface area contributed by atoms with Gasteiger partial charge >= 0.3 is 7.60 Å². The number of rotatable bonds is 10. The van der Waals surface area contributed by atoms with Crippen molar-refractivity contribution in [3.63, 3.8) is 0 Å². The second-order valence-corrected chi connectivity index (χ2v) is 7.98. The topological polar surface area (TPSA) is 55.8 Å². The zero-order valence-corrected chi connectivity index (χ0v) is 15.4. The summed E-state index contributed by atoms with van der Waals surface area (Å²) in [5, 5.41) is 12.7. The van der Waals surface area contributed by atoms with Crippen LogP contribution in [0.25, 0.3) is 10.8 Å². The standard InChI is InChI=1S/C19H27O4P/c1-3-5-13-22-24(21,23-14-6-4-2)19(20)18-12-11-16-9-7-8-10-17(16)15-18/h7-12,15,19-20H,3-6,13-14H2,1-2H3/t19-/m1/s1. The van der Waals surface area contributed by atoms with Crippen molar-refractivity contribution in [3.05, 3.63) is 48.0 Å². The van der Waals surface area contributed by atoms with Gasteiger partial charge in [-0.3, -0.25) is 4.57 Å². The highest BCUT2D eigenvalue weighted by Gasteiger charge is 2.36. The number of aliphatic hydroxyl groups is 1. The average molecular weight is 350 g/mol. The summed E-state index contributed by atoms with van der Waals surface area (Å²) in [6, 6.07) is 13.4. The first-order valence-electron chi connectivity index (χ1n) is 8.66. The average Bonchev–Trinajstić information content (AvgIpc) is 2.61. The van der Waals surface area contributed by atoms with E-state index in [1.54, 1.807) is 6.07 Å². The lowest BCUT2D eigenvalue weighted by molar-refractivity contribution is 0.140. The molecule has 0 aliphatic rings. The molecule has 0 radical (unpaired) electrons. The smallest absolute Gasteiger partial charge is 0.363 e. The Labute approximate surface area is 144 Å². The summed E-state index contributed by atoms with van der Waals surface area (Å²) in [5.41, 5.74) is 0.560. The third-order valence-electron chi connectivity index (χ3n) is 3.91. The van der Waals surface area contributed by atoms with Crippen molar-refractivity contribution in [1.82, 2.24) is 0 Å². The van der Waals surface area contributed by atoms with Crippen molar-refractivity contribution in [3.8, 4) is 0 Å². The van der Waals surface area contributed by atoms with Crippen LogP contribution in [-0.4, -0.2) is 18.3 Å². The Morgan fingerprint density at radius 1 is 0.958 bits per heavy atom. The second kappa shape index (κ2) is 9.33. The van der Waals surface area contributed by atoms with E-state index in [0.717, 1.165) is 36.5 Å². The molecule has 0 aliphatic carbocycles. The van der Waals surface area contributed by atoms with Crippen LogP contribution >= 0.6 is 7.60 Å². The molecule has 0 bridgehead atoms. The molecular formula is C19H27O4P. The highest BCUT2D eigenvalue weighted by atomic mass is 31.2. The van der Waals surface area contributed by atoms with Gasteiger partial charge in [0.05, 0.1) is 13.2 Å². The van der Waals surface area contributed by atoms with Crippen LogP contribution < -0.4 is 0 Å². The summed E-state index contributed by atoms with van der Waals surface area (Å²) >= 11 is 0. The van der Waals surface area contributed by atoms with Gasteiger partial charge in [-0.15, -0.1) is 0 Å². The molecule has 0 unspecified atom stereocenters. The Morgan fingerprint density at radius 3 is 2.12 bits per heavy atom. The van der Waals surface area contributed by atoms with E-state index in [2.05, 4.69) is 0 Å². The molecule has 0 saturated carbocycles. The van der Waals surface area contributed by atoms with Crippen LogP contribution in [0.5, 0.6) is 0 Å². The van der Waals surface area contributed by atoms with E-state index in [1.807, 2.05) is 50.2 Å². The Bertz CT molecular complexity index is 672. The number of hydrogen-bond acceptors (Lipinski definition) is 4. The minimum absolute atomic E-state index is 0.324. The molecular weight excluding hydrogens is 323 g/mol. The molecule has 0 amide bonds. The zero-order chi connectivity index (χ0) is 17.4. The fourth-order valence-electron chi connectivity index (χ4n) is 2.40. The summed E-state index contributed by atoms with van der Waals surface area (Å²) < 4.78 is 24.2. The second-order valence-electron chi connectivity index (χ2n) is 5.89. The SMILES string of the molecule is CCCCOP(=O)(OCCCC)[C@@H](O)c1ccc2ccccc2c1. The molecule has 0 spiro atoms. The lowest BCUT2D eigenvalue weighted by Gasteiger charge is -2.24. The molecule has 4 nitrogen and oxygen atoms in total. The van der Waals surface area contributed by atoms with Crippen molar-refractivity contribution in [2.75, 3.05) is 13.2 Å². The van der Waals surface area contributed by atoms with E-state index in [0.29, 0.717) is 18.8 Å². The molecule has 2 aromatic rings. The predicted molar refractivity (Wildman–Crippen MR) is 98.2 cm³/mol. The van der Waals surface area contributed by atoms with E-state index in [9.17, 15) is 9.67 Å². The third kappa shape index (κ3) is 4.90. The molecule has 0 aliphatic heterocycles. The van der Waals surface area contributed by atoms with Crippen LogP contribution in [0.3, 0.4) is 0 Å². The van der Waals surface area contributed by atoms with Crippen LogP contribution in [0.4, 0.5) is 0 Å². The van der Waals surface area contributed by atoms with Gasteiger partial charge in [0.1, 0.15) is 0 Å². The van der Waals surface area contributed by atoms with E-state index in [4.69, 9.17) is 9.05 Å². The van der Waals surface area contributed by atoms with Gasteiger partial charge in [0.15, 0.2) is 5.85 Å². The zero-order valence-electron chi connectivity index (χ0n) is 14.5. The molecule has 0 fully saturated rings. The van der Waals surface area contributed by atoms with E-state index in [1.165, 1.54) is 0 Å². The van der Waals surface area contributed by atoms with Gasteiger partial charge in [-0.05, 0) is 35.2 Å². The lowest BCUT2D eigenvalue weighted by atomic mass is 10.1. The lowest BCUT2D eigenvalue weighted by Crippen LogP contribution is -2.08. The van der Waals surface area contributed by atoms with Crippen LogP contribution in [0.15, 0.2) is 42.5 Å². The Morgan fingerprint density at radius 2 is 1.54 bits per heavy atom. The molecule has 24 heavy (non-hydrogen) atoms. The normalized spacial score (nSPS) is 13.3.